The smallest absolute Gasteiger partial charge is 0.163 e. The summed E-state index contributed by atoms with van der Waals surface area (Å²) in [4.78, 5) is 0. The topological polar surface area (TPSA) is 113 Å². The number of hydrogen-bond donors (Lipinski definition) is 2. The zero-order valence-electron chi connectivity index (χ0n) is 14.5. The van der Waals surface area contributed by atoms with Crippen molar-refractivity contribution in [3.63, 3.8) is 0 Å². The van der Waals surface area contributed by atoms with Crippen LogP contribution in [0.5, 0.6) is 0 Å². The summed E-state index contributed by atoms with van der Waals surface area (Å²) >= 11 is 0. The molecule has 0 radical (unpaired) electrons. The summed E-state index contributed by atoms with van der Waals surface area (Å²) in [6, 6.07) is 18.5. The Bertz CT molecular complexity index is 936. The summed E-state index contributed by atoms with van der Waals surface area (Å²) < 4.78 is 16.3. The second-order valence-electron chi connectivity index (χ2n) is 6.09. The molecule has 2 aromatic carbocycles. The van der Waals surface area contributed by atoms with Crippen LogP contribution in [-0.4, -0.2) is 10.3 Å². The standard InChI is InChI=1S/C20H18N4O3/c21-15-5-1-13(2-6-15)19-9-17(26-23-19)11-25-12-18-10-20(24-27-18)14-3-7-16(22)8-4-14/h1-10H,11-12,21-22H2. The van der Waals surface area contributed by atoms with Gasteiger partial charge in [0.2, 0.25) is 0 Å². The summed E-state index contributed by atoms with van der Waals surface area (Å²) in [5, 5.41) is 8.10. The van der Waals surface area contributed by atoms with Gasteiger partial charge >= 0.3 is 0 Å². The lowest BCUT2D eigenvalue weighted by Gasteiger charge is -1.97. The van der Waals surface area contributed by atoms with Crippen molar-refractivity contribution in [2.75, 3.05) is 11.5 Å². The van der Waals surface area contributed by atoms with Crippen LogP contribution in [0.15, 0.2) is 69.7 Å². The maximum absolute atomic E-state index is 5.69. The molecule has 0 fully saturated rings. The Balaban J connectivity index is 1.34. The highest BCUT2D eigenvalue weighted by molar-refractivity contribution is 5.62. The SMILES string of the molecule is Nc1ccc(-c2cc(COCc3cc(-c4ccc(N)cc4)no3)on2)cc1. The first kappa shape index (κ1) is 16.9. The van der Waals surface area contributed by atoms with Gasteiger partial charge in [-0.1, -0.05) is 34.6 Å². The zero-order chi connectivity index (χ0) is 18.6. The molecule has 7 heteroatoms. The molecular weight excluding hydrogens is 344 g/mol. The predicted octanol–water partition coefficient (Wildman–Crippen LogP) is 3.88. The van der Waals surface area contributed by atoms with Crippen molar-refractivity contribution in [3.05, 3.63) is 72.2 Å². The van der Waals surface area contributed by atoms with Crippen molar-refractivity contribution in [2.24, 2.45) is 0 Å². The van der Waals surface area contributed by atoms with E-state index in [4.69, 9.17) is 25.3 Å². The third kappa shape index (κ3) is 3.99. The monoisotopic (exact) mass is 362 g/mol. The minimum Gasteiger partial charge on any atom is -0.399 e. The minimum atomic E-state index is 0.278. The highest BCUT2D eigenvalue weighted by Gasteiger charge is 2.09. The van der Waals surface area contributed by atoms with Crippen LogP contribution in [0.1, 0.15) is 11.5 Å². The van der Waals surface area contributed by atoms with Crippen molar-refractivity contribution in [1.82, 2.24) is 10.3 Å². The third-order valence-corrected chi connectivity index (χ3v) is 4.02. The fourth-order valence-corrected chi connectivity index (χ4v) is 2.59. The van der Waals surface area contributed by atoms with E-state index in [0.717, 1.165) is 22.5 Å². The Labute approximate surface area is 155 Å². The van der Waals surface area contributed by atoms with Crippen LogP contribution in [0.4, 0.5) is 11.4 Å². The first-order chi connectivity index (χ1) is 13.2. The molecule has 0 spiro atoms. The highest BCUT2D eigenvalue weighted by atomic mass is 16.5. The van der Waals surface area contributed by atoms with E-state index in [-0.39, 0.29) is 13.2 Å². The zero-order valence-corrected chi connectivity index (χ0v) is 14.5. The van der Waals surface area contributed by atoms with E-state index in [1.165, 1.54) is 0 Å². The van der Waals surface area contributed by atoms with Gasteiger partial charge in [0.05, 0.1) is 0 Å². The lowest BCUT2D eigenvalue weighted by molar-refractivity contribution is 0.0727. The van der Waals surface area contributed by atoms with Gasteiger partial charge in [-0.05, 0) is 24.3 Å². The van der Waals surface area contributed by atoms with Gasteiger partial charge in [0.25, 0.3) is 0 Å². The maximum atomic E-state index is 5.69. The van der Waals surface area contributed by atoms with Gasteiger partial charge in [-0.3, -0.25) is 0 Å². The van der Waals surface area contributed by atoms with Crippen molar-refractivity contribution in [2.45, 2.75) is 13.2 Å². The van der Waals surface area contributed by atoms with Crippen LogP contribution >= 0.6 is 0 Å². The van der Waals surface area contributed by atoms with Gasteiger partial charge in [-0.2, -0.15) is 0 Å². The van der Waals surface area contributed by atoms with E-state index in [2.05, 4.69) is 10.3 Å². The molecule has 0 atom stereocenters. The molecule has 2 heterocycles. The van der Waals surface area contributed by atoms with Gasteiger partial charge in [0, 0.05) is 34.6 Å². The summed E-state index contributed by atoms with van der Waals surface area (Å²) in [6.07, 6.45) is 0. The van der Waals surface area contributed by atoms with Crippen LogP contribution in [0, 0.1) is 0 Å². The largest absolute Gasteiger partial charge is 0.399 e. The average Bonchev–Trinajstić information content (AvgIpc) is 3.33. The molecule has 0 saturated carbocycles. The molecule has 2 aromatic heterocycles. The number of aromatic nitrogens is 2. The van der Waals surface area contributed by atoms with E-state index < -0.39 is 0 Å². The molecule has 0 bridgehead atoms. The van der Waals surface area contributed by atoms with Gasteiger partial charge in [0.1, 0.15) is 24.6 Å². The van der Waals surface area contributed by atoms with Crippen LogP contribution in [0.3, 0.4) is 0 Å². The fraction of sp³-hybridized carbons (Fsp3) is 0.100. The number of benzene rings is 2. The van der Waals surface area contributed by atoms with E-state index >= 15 is 0 Å². The van der Waals surface area contributed by atoms with E-state index in [1.807, 2.05) is 60.7 Å². The van der Waals surface area contributed by atoms with Crippen molar-refractivity contribution in [1.29, 1.82) is 0 Å². The van der Waals surface area contributed by atoms with E-state index in [1.54, 1.807) is 0 Å². The molecule has 4 N–H and O–H groups in total. The van der Waals surface area contributed by atoms with Crippen molar-refractivity contribution < 1.29 is 13.8 Å². The minimum absolute atomic E-state index is 0.278. The van der Waals surface area contributed by atoms with E-state index in [9.17, 15) is 0 Å². The van der Waals surface area contributed by atoms with Gasteiger partial charge < -0.3 is 25.3 Å². The molecule has 0 unspecified atom stereocenters. The Kier molecular flexibility index (Phi) is 4.59. The molecular formula is C20H18N4O3. The number of nitrogens with zero attached hydrogens (tertiary/aromatic N) is 2. The molecule has 27 heavy (non-hydrogen) atoms. The maximum Gasteiger partial charge on any atom is 0.163 e. The number of hydrogen-bond acceptors (Lipinski definition) is 7. The summed E-state index contributed by atoms with van der Waals surface area (Å²) in [5.74, 6) is 1.25. The molecule has 4 rings (SSSR count). The van der Waals surface area contributed by atoms with Crippen LogP contribution in [0.25, 0.3) is 22.5 Å². The Morgan fingerprint density at radius 1 is 0.667 bits per heavy atom. The fourth-order valence-electron chi connectivity index (χ4n) is 2.59. The number of rotatable bonds is 6. The molecule has 0 amide bonds. The summed E-state index contributed by atoms with van der Waals surface area (Å²) in [5.41, 5.74) is 16.1. The molecule has 136 valence electrons. The predicted molar refractivity (Wildman–Crippen MR) is 101 cm³/mol. The molecule has 0 saturated heterocycles. The molecule has 0 aliphatic rings. The van der Waals surface area contributed by atoms with Crippen LogP contribution < -0.4 is 11.5 Å². The van der Waals surface area contributed by atoms with Crippen LogP contribution in [-0.2, 0) is 18.0 Å². The summed E-state index contributed by atoms with van der Waals surface area (Å²) in [6.45, 7) is 0.555. The Morgan fingerprint density at radius 3 is 1.48 bits per heavy atom. The van der Waals surface area contributed by atoms with Crippen LogP contribution in [0.2, 0.25) is 0 Å². The average molecular weight is 362 g/mol. The Hall–Kier alpha value is -3.58. The second-order valence-corrected chi connectivity index (χ2v) is 6.09. The van der Waals surface area contributed by atoms with Gasteiger partial charge in [-0.15, -0.1) is 0 Å². The highest BCUT2D eigenvalue weighted by Crippen LogP contribution is 2.22. The summed E-state index contributed by atoms with van der Waals surface area (Å²) in [7, 11) is 0. The van der Waals surface area contributed by atoms with Crippen molar-refractivity contribution >= 4 is 11.4 Å². The second kappa shape index (κ2) is 7.35. The normalized spacial score (nSPS) is 11.0. The Morgan fingerprint density at radius 2 is 1.07 bits per heavy atom. The molecule has 0 aliphatic heterocycles. The number of nitrogens with two attached hydrogens (primary N) is 2. The lowest BCUT2D eigenvalue weighted by atomic mass is 10.1. The number of ether oxygens (including phenoxy) is 1. The quantitative estimate of drug-likeness (QED) is 0.500. The lowest BCUT2D eigenvalue weighted by Crippen LogP contribution is -1.91. The molecule has 7 nitrogen and oxygen atoms in total. The third-order valence-electron chi connectivity index (χ3n) is 4.02. The number of anilines is 2. The first-order valence-corrected chi connectivity index (χ1v) is 8.38. The molecule has 0 aliphatic carbocycles. The van der Waals surface area contributed by atoms with Gasteiger partial charge in [0.15, 0.2) is 11.5 Å². The van der Waals surface area contributed by atoms with Gasteiger partial charge in [-0.25, -0.2) is 0 Å². The molecule has 4 aromatic rings. The van der Waals surface area contributed by atoms with E-state index in [0.29, 0.717) is 22.9 Å². The number of nitrogen functional groups attached to an aromatic ring is 2. The van der Waals surface area contributed by atoms with Crippen molar-refractivity contribution in [3.8, 4) is 22.5 Å². The first-order valence-electron chi connectivity index (χ1n) is 8.38.